The summed E-state index contributed by atoms with van der Waals surface area (Å²) in [6.07, 6.45) is 2.31. The highest BCUT2D eigenvalue weighted by atomic mass is 32.2. The van der Waals surface area contributed by atoms with Crippen LogP contribution in [0, 0.1) is 0 Å². The summed E-state index contributed by atoms with van der Waals surface area (Å²) in [5.74, 6) is 0.462. The second-order valence-electron chi connectivity index (χ2n) is 3.36. The molecule has 1 aliphatic rings. The van der Waals surface area contributed by atoms with E-state index in [1.165, 1.54) is 6.42 Å². The maximum Gasteiger partial charge on any atom is 0.222 e. The van der Waals surface area contributed by atoms with Gasteiger partial charge in [-0.1, -0.05) is 11.8 Å². The summed E-state index contributed by atoms with van der Waals surface area (Å²) in [6, 6.07) is 0. The molecule has 1 fully saturated rings. The Kier molecular flexibility index (Phi) is 2.93. The SMILES string of the molecule is Cn1c(N)nnc1SC1CCCOC1. The topological polar surface area (TPSA) is 66.0 Å². The van der Waals surface area contributed by atoms with Gasteiger partial charge in [-0.05, 0) is 12.8 Å². The minimum Gasteiger partial charge on any atom is -0.380 e. The molecule has 0 aromatic carbocycles. The number of rotatable bonds is 2. The molecule has 0 radical (unpaired) electrons. The van der Waals surface area contributed by atoms with Crippen LogP contribution in [0.5, 0.6) is 0 Å². The summed E-state index contributed by atoms with van der Waals surface area (Å²) in [6.45, 7) is 1.69. The summed E-state index contributed by atoms with van der Waals surface area (Å²) < 4.78 is 7.20. The van der Waals surface area contributed by atoms with Crippen LogP contribution < -0.4 is 5.73 Å². The Hall–Kier alpha value is -0.750. The second kappa shape index (κ2) is 4.18. The minimum atomic E-state index is 0.462. The molecular weight excluding hydrogens is 200 g/mol. The molecule has 14 heavy (non-hydrogen) atoms. The summed E-state index contributed by atoms with van der Waals surface area (Å²) in [5, 5.41) is 9.18. The van der Waals surface area contributed by atoms with Crippen LogP contribution in [0.1, 0.15) is 12.8 Å². The van der Waals surface area contributed by atoms with E-state index >= 15 is 0 Å². The van der Waals surface area contributed by atoms with Crippen LogP contribution in [-0.2, 0) is 11.8 Å². The molecule has 6 heteroatoms. The molecule has 2 rings (SSSR count). The van der Waals surface area contributed by atoms with E-state index < -0.39 is 0 Å². The zero-order valence-electron chi connectivity index (χ0n) is 8.14. The van der Waals surface area contributed by atoms with Crippen LogP contribution in [0.4, 0.5) is 5.95 Å². The first kappa shape index (κ1) is 9.79. The van der Waals surface area contributed by atoms with E-state index in [0.29, 0.717) is 11.2 Å². The summed E-state index contributed by atoms with van der Waals surface area (Å²) in [4.78, 5) is 0. The van der Waals surface area contributed by atoms with Crippen LogP contribution in [0.25, 0.3) is 0 Å². The molecule has 0 amide bonds. The zero-order chi connectivity index (χ0) is 9.97. The number of nitrogen functional groups attached to an aromatic ring is 1. The average Bonchev–Trinajstić information content (AvgIpc) is 2.52. The molecule has 1 aromatic heterocycles. The normalized spacial score (nSPS) is 22.5. The number of hydrogen-bond donors (Lipinski definition) is 1. The lowest BCUT2D eigenvalue weighted by atomic mass is 10.2. The van der Waals surface area contributed by atoms with Crippen molar-refractivity contribution in [3.05, 3.63) is 0 Å². The van der Waals surface area contributed by atoms with Crippen molar-refractivity contribution in [1.82, 2.24) is 14.8 Å². The minimum absolute atomic E-state index is 0.462. The highest BCUT2D eigenvalue weighted by Crippen LogP contribution is 2.27. The van der Waals surface area contributed by atoms with Crippen molar-refractivity contribution in [2.24, 2.45) is 7.05 Å². The monoisotopic (exact) mass is 214 g/mol. The molecule has 1 unspecified atom stereocenters. The van der Waals surface area contributed by atoms with Gasteiger partial charge in [0.2, 0.25) is 5.95 Å². The van der Waals surface area contributed by atoms with Crippen molar-refractivity contribution < 1.29 is 4.74 Å². The maximum atomic E-state index is 5.59. The van der Waals surface area contributed by atoms with Gasteiger partial charge in [-0.3, -0.25) is 4.57 Å². The summed E-state index contributed by atoms with van der Waals surface area (Å²) in [7, 11) is 1.88. The zero-order valence-corrected chi connectivity index (χ0v) is 8.96. The number of nitrogens with two attached hydrogens (primary N) is 1. The largest absolute Gasteiger partial charge is 0.380 e. The van der Waals surface area contributed by atoms with Crippen LogP contribution in [0.3, 0.4) is 0 Å². The summed E-state index contributed by atoms with van der Waals surface area (Å²) >= 11 is 1.70. The molecule has 1 saturated heterocycles. The van der Waals surface area contributed by atoms with Crippen molar-refractivity contribution in [3.8, 4) is 0 Å². The van der Waals surface area contributed by atoms with Crippen molar-refractivity contribution in [3.63, 3.8) is 0 Å². The lowest BCUT2D eigenvalue weighted by Crippen LogP contribution is -2.19. The third-order valence-electron chi connectivity index (χ3n) is 2.26. The fraction of sp³-hybridized carbons (Fsp3) is 0.750. The summed E-state index contributed by atoms with van der Waals surface area (Å²) in [5.41, 5.74) is 5.59. The van der Waals surface area contributed by atoms with Crippen LogP contribution in [0.15, 0.2) is 5.16 Å². The van der Waals surface area contributed by atoms with E-state index in [1.807, 2.05) is 7.05 Å². The molecule has 0 spiro atoms. The third-order valence-corrected chi connectivity index (χ3v) is 3.53. The molecule has 0 saturated carbocycles. The Morgan fingerprint density at radius 1 is 1.57 bits per heavy atom. The predicted molar refractivity (Wildman–Crippen MR) is 55.1 cm³/mol. The Morgan fingerprint density at radius 3 is 3.00 bits per heavy atom. The first-order chi connectivity index (χ1) is 6.77. The van der Waals surface area contributed by atoms with Gasteiger partial charge in [0.05, 0.1) is 6.61 Å². The lowest BCUT2D eigenvalue weighted by Gasteiger charge is -2.20. The maximum absolute atomic E-state index is 5.59. The number of anilines is 1. The number of thioether (sulfide) groups is 1. The standard InChI is InChI=1S/C8H14N4OS/c1-12-7(9)10-11-8(12)14-6-3-2-4-13-5-6/h6H,2-5H2,1H3,(H2,9,10). The van der Waals surface area contributed by atoms with Gasteiger partial charge in [0.25, 0.3) is 0 Å². The molecule has 1 atom stereocenters. The van der Waals surface area contributed by atoms with Gasteiger partial charge in [-0.2, -0.15) is 0 Å². The third kappa shape index (κ3) is 2.01. The van der Waals surface area contributed by atoms with Crippen molar-refractivity contribution in [2.75, 3.05) is 18.9 Å². The average molecular weight is 214 g/mol. The van der Waals surface area contributed by atoms with Crippen LogP contribution in [-0.4, -0.2) is 33.2 Å². The highest BCUT2D eigenvalue weighted by Gasteiger charge is 2.18. The second-order valence-corrected chi connectivity index (χ2v) is 4.62. The Bertz CT molecular complexity index is 308. The van der Waals surface area contributed by atoms with Gasteiger partial charge < -0.3 is 10.5 Å². The van der Waals surface area contributed by atoms with E-state index in [1.54, 1.807) is 16.3 Å². The molecular formula is C8H14N4OS. The fourth-order valence-electron chi connectivity index (χ4n) is 1.38. The van der Waals surface area contributed by atoms with E-state index in [4.69, 9.17) is 10.5 Å². The van der Waals surface area contributed by atoms with Gasteiger partial charge in [-0.25, -0.2) is 0 Å². The molecule has 0 bridgehead atoms. The molecule has 1 aliphatic heterocycles. The smallest absolute Gasteiger partial charge is 0.222 e. The van der Waals surface area contributed by atoms with E-state index in [2.05, 4.69) is 10.2 Å². The Balaban J connectivity index is 1.99. The van der Waals surface area contributed by atoms with Gasteiger partial charge in [0.1, 0.15) is 0 Å². The fourth-order valence-corrected chi connectivity index (χ4v) is 2.47. The molecule has 0 aliphatic carbocycles. The van der Waals surface area contributed by atoms with Gasteiger partial charge in [0, 0.05) is 18.9 Å². The van der Waals surface area contributed by atoms with E-state index in [0.717, 1.165) is 24.8 Å². The molecule has 78 valence electrons. The first-order valence-corrected chi connectivity index (χ1v) is 5.54. The van der Waals surface area contributed by atoms with Crippen molar-refractivity contribution in [2.45, 2.75) is 23.2 Å². The number of nitrogens with zero attached hydrogens (tertiary/aromatic N) is 3. The lowest BCUT2D eigenvalue weighted by molar-refractivity contribution is 0.101. The van der Waals surface area contributed by atoms with Crippen molar-refractivity contribution in [1.29, 1.82) is 0 Å². The van der Waals surface area contributed by atoms with Gasteiger partial charge >= 0.3 is 0 Å². The quantitative estimate of drug-likeness (QED) is 0.783. The van der Waals surface area contributed by atoms with Gasteiger partial charge in [0.15, 0.2) is 5.16 Å². The molecule has 2 N–H and O–H groups in total. The van der Waals surface area contributed by atoms with E-state index in [-0.39, 0.29) is 0 Å². The molecule has 2 heterocycles. The highest BCUT2D eigenvalue weighted by molar-refractivity contribution is 7.99. The first-order valence-electron chi connectivity index (χ1n) is 4.66. The molecule has 1 aromatic rings. The molecule has 5 nitrogen and oxygen atoms in total. The van der Waals surface area contributed by atoms with E-state index in [9.17, 15) is 0 Å². The Morgan fingerprint density at radius 2 is 2.43 bits per heavy atom. The number of aromatic nitrogens is 3. The Labute approximate surface area is 87.0 Å². The van der Waals surface area contributed by atoms with Crippen molar-refractivity contribution >= 4 is 17.7 Å². The van der Waals surface area contributed by atoms with Crippen LogP contribution >= 0.6 is 11.8 Å². The number of ether oxygens (including phenoxy) is 1. The van der Waals surface area contributed by atoms with Gasteiger partial charge in [-0.15, -0.1) is 10.2 Å². The predicted octanol–water partition coefficient (Wildman–Crippen LogP) is 0.668. The van der Waals surface area contributed by atoms with Crippen LogP contribution in [0.2, 0.25) is 0 Å². The number of hydrogen-bond acceptors (Lipinski definition) is 5.